The highest BCUT2D eigenvalue weighted by molar-refractivity contribution is 6.01. The van der Waals surface area contributed by atoms with Gasteiger partial charge in [0.2, 0.25) is 5.88 Å². The number of carbonyl (C=O) groups excluding carboxylic acids is 2. The molecule has 2 fully saturated rings. The number of nitrogens with two attached hydrogens (primary N) is 1. The van der Waals surface area contributed by atoms with Crippen molar-refractivity contribution in [2.24, 2.45) is 5.73 Å². The Hall–Kier alpha value is -4.38. The van der Waals surface area contributed by atoms with Crippen LogP contribution in [-0.4, -0.2) is 60.7 Å². The van der Waals surface area contributed by atoms with Gasteiger partial charge in [0.05, 0.1) is 34.3 Å². The number of amides is 2. The second kappa shape index (κ2) is 11.1. The van der Waals surface area contributed by atoms with E-state index in [1.807, 2.05) is 47.0 Å². The fourth-order valence-corrected chi connectivity index (χ4v) is 5.41. The normalized spacial score (nSPS) is 19.0. The number of fused-ring (bicyclic) bond motifs is 1. The number of hydrogen-bond donors (Lipinski definition) is 3. The highest BCUT2D eigenvalue weighted by Gasteiger charge is 2.32. The molecule has 4 N–H and O–H groups in total. The smallest absolute Gasteiger partial charge is 0.255 e. The lowest BCUT2D eigenvalue weighted by molar-refractivity contribution is 0.0279. The van der Waals surface area contributed by atoms with Gasteiger partial charge >= 0.3 is 0 Å². The molecule has 2 amide bonds. The van der Waals surface area contributed by atoms with Crippen LogP contribution < -0.4 is 20.5 Å². The van der Waals surface area contributed by atoms with Gasteiger partial charge in [0.25, 0.3) is 11.8 Å². The molecule has 2 aliphatic rings. The van der Waals surface area contributed by atoms with Crippen LogP contribution in [0.15, 0.2) is 54.9 Å². The SMILES string of the molecule is CC(C)(O)COc1ccc2c(C(=O)N[C@H]3CC[C@H](Oc4nn(-c5ccccc5)cc4C(N)=O)CC3)cnn2c1C1CC1. The van der Waals surface area contributed by atoms with Crippen molar-refractivity contribution in [1.29, 1.82) is 0 Å². The van der Waals surface area contributed by atoms with Gasteiger partial charge in [-0.15, -0.1) is 5.10 Å². The van der Waals surface area contributed by atoms with Crippen molar-refractivity contribution in [2.75, 3.05) is 6.61 Å². The first-order valence-electron chi connectivity index (χ1n) is 14.4. The molecule has 11 nitrogen and oxygen atoms in total. The van der Waals surface area contributed by atoms with E-state index in [0.29, 0.717) is 30.1 Å². The molecule has 0 aliphatic heterocycles. The summed E-state index contributed by atoms with van der Waals surface area (Å²) in [5.41, 5.74) is 7.87. The lowest BCUT2D eigenvalue weighted by atomic mass is 9.92. The average molecular weight is 573 g/mol. The van der Waals surface area contributed by atoms with E-state index in [4.69, 9.17) is 15.2 Å². The van der Waals surface area contributed by atoms with E-state index in [-0.39, 0.29) is 36.1 Å². The van der Waals surface area contributed by atoms with Crippen LogP contribution in [0.2, 0.25) is 0 Å². The van der Waals surface area contributed by atoms with Crippen LogP contribution in [-0.2, 0) is 0 Å². The number of aliphatic hydroxyl groups is 1. The van der Waals surface area contributed by atoms with E-state index >= 15 is 0 Å². The van der Waals surface area contributed by atoms with Crippen LogP contribution in [0.5, 0.6) is 11.6 Å². The summed E-state index contributed by atoms with van der Waals surface area (Å²) in [6, 6.07) is 13.2. The van der Waals surface area contributed by atoms with E-state index < -0.39 is 11.5 Å². The van der Waals surface area contributed by atoms with E-state index in [2.05, 4.69) is 15.5 Å². The Labute approximate surface area is 243 Å². The summed E-state index contributed by atoms with van der Waals surface area (Å²) in [5.74, 6) is 0.475. The molecule has 2 aliphatic carbocycles. The van der Waals surface area contributed by atoms with Crippen LogP contribution in [0.3, 0.4) is 0 Å². The zero-order valence-electron chi connectivity index (χ0n) is 23.8. The number of carbonyl (C=O) groups is 2. The van der Waals surface area contributed by atoms with Crippen molar-refractivity contribution in [3.05, 3.63) is 71.7 Å². The maximum atomic E-state index is 13.3. The van der Waals surface area contributed by atoms with Gasteiger partial charge in [-0.25, -0.2) is 9.20 Å². The third-order valence-corrected chi connectivity index (χ3v) is 7.72. The van der Waals surface area contributed by atoms with Gasteiger partial charge in [0, 0.05) is 18.2 Å². The summed E-state index contributed by atoms with van der Waals surface area (Å²) in [6.45, 7) is 3.57. The maximum Gasteiger partial charge on any atom is 0.255 e. The predicted molar refractivity (Wildman–Crippen MR) is 155 cm³/mol. The highest BCUT2D eigenvalue weighted by Crippen LogP contribution is 2.44. The molecule has 11 heteroatoms. The minimum absolute atomic E-state index is 0.0120. The molecule has 0 saturated heterocycles. The number of ether oxygens (including phenoxy) is 2. The summed E-state index contributed by atoms with van der Waals surface area (Å²) in [7, 11) is 0. The Morgan fingerprint density at radius 1 is 1.05 bits per heavy atom. The summed E-state index contributed by atoms with van der Waals surface area (Å²) in [5, 5.41) is 22.3. The first kappa shape index (κ1) is 27.8. The van der Waals surface area contributed by atoms with Gasteiger partial charge in [-0.05, 0) is 76.6 Å². The first-order chi connectivity index (χ1) is 20.2. The second-order valence-corrected chi connectivity index (χ2v) is 11.9. The average Bonchev–Trinajstić information content (AvgIpc) is 3.56. The van der Waals surface area contributed by atoms with Crippen LogP contribution in [0.1, 0.15) is 84.7 Å². The molecule has 0 atom stereocenters. The standard InChI is InChI=1S/C31H36N6O5/c1-31(2,40)18-41-26-15-14-25-23(16-33-37(25)27(26)19-8-9-19)29(39)34-20-10-12-22(13-11-20)42-30-24(28(32)38)17-36(35-30)21-6-4-3-5-7-21/h3-7,14-17,19-20,22,40H,8-13,18H2,1-2H3,(H2,32,38)(H,34,39)/t20-,22-. The van der Waals surface area contributed by atoms with Crippen LogP contribution in [0.25, 0.3) is 11.2 Å². The Balaban J connectivity index is 1.10. The Bertz CT molecular complexity index is 1590. The van der Waals surface area contributed by atoms with Crippen molar-refractivity contribution in [2.45, 2.75) is 76.0 Å². The number of benzene rings is 1. The van der Waals surface area contributed by atoms with Gasteiger partial charge in [-0.3, -0.25) is 9.59 Å². The zero-order chi connectivity index (χ0) is 29.4. The third kappa shape index (κ3) is 5.96. The van der Waals surface area contributed by atoms with E-state index in [9.17, 15) is 14.7 Å². The lowest BCUT2D eigenvalue weighted by Crippen LogP contribution is -2.39. The van der Waals surface area contributed by atoms with Crippen LogP contribution >= 0.6 is 0 Å². The summed E-state index contributed by atoms with van der Waals surface area (Å²) in [6.07, 6.45) is 7.98. The predicted octanol–water partition coefficient (Wildman–Crippen LogP) is 3.77. The van der Waals surface area contributed by atoms with Crippen molar-refractivity contribution in [3.63, 3.8) is 0 Å². The molecule has 6 rings (SSSR count). The van der Waals surface area contributed by atoms with E-state index in [1.54, 1.807) is 30.9 Å². The number of aromatic nitrogens is 4. The van der Waals surface area contributed by atoms with Gasteiger partial charge in [0.1, 0.15) is 24.0 Å². The van der Waals surface area contributed by atoms with E-state index in [0.717, 1.165) is 42.6 Å². The fraction of sp³-hybridized carbons (Fsp3) is 0.419. The van der Waals surface area contributed by atoms with Gasteiger partial charge in [-0.2, -0.15) is 5.10 Å². The number of nitrogens with one attached hydrogen (secondary N) is 1. The molecular formula is C31H36N6O5. The number of hydrogen-bond acceptors (Lipinski definition) is 7. The molecular weight excluding hydrogens is 536 g/mol. The van der Waals surface area contributed by atoms with Gasteiger partial charge < -0.3 is 25.6 Å². The topological polar surface area (TPSA) is 146 Å². The monoisotopic (exact) mass is 572 g/mol. The third-order valence-electron chi connectivity index (χ3n) is 7.72. The minimum Gasteiger partial charge on any atom is -0.489 e. The molecule has 0 spiro atoms. The maximum absolute atomic E-state index is 13.3. The zero-order valence-corrected chi connectivity index (χ0v) is 23.8. The molecule has 42 heavy (non-hydrogen) atoms. The summed E-state index contributed by atoms with van der Waals surface area (Å²) in [4.78, 5) is 25.4. The molecule has 0 unspecified atom stereocenters. The number of nitrogens with zero attached hydrogens (tertiary/aromatic N) is 4. The molecule has 220 valence electrons. The molecule has 3 heterocycles. The Kier molecular flexibility index (Phi) is 7.36. The van der Waals surface area contributed by atoms with Crippen molar-refractivity contribution in [3.8, 4) is 17.3 Å². The van der Waals surface area contributed by atoms with Crippen LogP contribution in [0.4, 0.5) is 0 Å². The number of rotatable bonds is 10. The minimum atomic E-state index is -0.955. The first-order valence-corrected chi connectivity index (χ1v) is 14.4. The summed E-state index contributed by atoms with van der Waals surface area (Å²) < 4.78 is 15.5. The molecule has 2 saturated carbocycles. The largest absolute Gasteiger partial charge is 0.489 e. The van der Waals surface area contributed by atoms with Crippen molar-refractivity contribution >= 4 is 17.3 Å². The Morgan fingerprint density at radius 2 is 1.79 bits per heavy atom. The quantitative estimate of drug-likeness (QED) is 0.262. The number of pyridine rings is 1. The van der Waals surface area contributed by atoms with Crippen molar-refractivity contribution in [1.82, 2.24) is 24.7 Å². The number of para-hydroxylation sites is 1. The molecule has 1 aromatic carbocycles. The second-order valence-electron chi connectivity index (χ2n) is 11.9. The molecule has 0 bridgehead atoms. The van der Waals surface area contributed by atoms with Gasteiger partial charge in [-0.1, -0.05) is 18.2 Å². The molecule has 4 aromatic rings. The molecule has 3 aromatic heterocycles. The highest BCUT2D eigenvalue weighted by atomic mass is 16.5. The van der Waals surface area contributed by atoms with Crippen molar-refractivity contribution < 1.29 is 24.2 Å². The fourth-order valence-electron chi connectivity index (χ4n) is 5.41. The number of primary amides is 1. The van der Waals surface area contributed by atoms with E-state index in [1.165, 1.54) is 0 Å². The van der Waals surface area contributed by atoms with Crippen LogP contribution in [0, 0.1) is 0 Å². The lowest BCUT2D eigenvalue weighted by Gasteiger charge is -2.29. The van der Waals surface area contributed by atoms with Gasteiger partial charge in [0.15, 0.2) is 0 Å². The molecule has 0 radical (unpaired) electrons. The summed E-state index contributed by atoms with van der Waals surface area (Å²) >= 11 is 0. The Morgan fingerprint density at radius 3 is 2.45 bits per heavy atom.